The van der Waals surface area contributed by atoms with E-state index in [1.54, 1.807) is 0 Å². The molecule has 1 unspecified atom stereocenters. The van der Waals surface area contributed by atoms with Gasteiger partial charge in [-0.05, 0) is 12.1 Å². The Labute approximate surface area is 128 Å². The largest absolute Gasteiger partial charge is 0.362 e. The van der Waals surface area contributed by atoms with Gasteiger partial charge in [0.25, 0.3) is 0 Å². The summed E-state index contributed by atoms with van der Waals surface area (Å²) in [5.74, 6) is -0.00649. The van der Waals surface area contributed by atoms with Crippen molar-refractivity contribution in [2.45, 2.75) is 12.7 Å². The Morgan fingerprint density at radius 1 is 1.32 bits per heavy atom. The van der Waals surface area contributed by atoms with Crippen LogP contribution in [0.15, 0.2) is 24.7 Å². The fraction of sp³-hybridized carbons (Fsp3) is 0.231. The average Bonchev–Trinajstić information content (AvgIpc) is 2.98. The summed E-state index contributed by atoms with van der Waals surface area (Å²) in [6, 6.07) is 2.85. The zero-order chi connectivity index (χ0) is 15.5. The Morgan fingerprint density at radius 3 is 2.95 bits per heavy atom. The zero-order valence-corrected chi connectivity index (χ0v) is 12.1. The molecule has 0 spiro atoms. The van der Waals surface area contributed by atoms with Crippen molar-refractivity contribution in [3.05, 3.63) is 41.2 Å². The molecular weight excluding hydrogens is 310 g/mol. The number of alkyl halides is 1. The van der Waals surface area contributed by atoms with E-state index >= 15 is 0 Å². The van der Waals surface area contributed by atoms with E-state index in [1.807, 2.05) is 0 Å². The van der Waals surface area contributed by atoms with Gasteiger partial charge in [0, 0.05) is 12.7 Å². The van der Waals surface area contributed by atoms with Crippen LogP contribution in [0.25, 0.3) is 10.3 Å². The van der Waals surface area contributed by atoms with Gasteiger partial charge < -0.3 is 11.1 Å². The Kier molecular flexibility index (Phi) is 4.16. The van der Waals surface area contributed by atoms with Crippen LogP contribution in [-0.4, -0.2) is 26.5 Å². The SMILES string of the molecule is NCC(F)c1nc2c(NCc3ncccc3F)ncnc2s1. The summed E-state index contributed by atoms with van der Waals surface area (Å²) in [4.78, 5) is 16.8. The minimum Gasteiger partial charge on any atom is -0.362 e. The third kappa shape index (κ3) is 2.85. The molecule has 114 valence electrons. The number of nitrogens with one attached hydrogen (secondary N) is 1. The third-order valence-corrected chi connectivity index (χ3v) is 3.99. The fourth-order valence-corrected chi connectivity index (χ4v) is 2.75. The van der Waals surface area contributed by atoms with E-state index < -0.39 is 12.0 Å². The van der Waals surface area contributed by atoms with Crippen LogP contribution >= 0.6 is 11.3 Å². The van der Waals surface area contributed by atoms with Crippen LogP contribution in [0.3, 0.4) is 0 Å². The Hall–Kier alpha value is -2.26. The molecule has 0 saturated carbocycles. The van der Waals surface area contributed by atoms with Crippen molar-refractivity contribution < 1.29 is 8.78 Å². The number of fused-ring (bicyclic) bond motifs is 1. The average molecular weight is 322 g/mol. The molecule has 0 saturated heterocycles. The van der Waals surface area contributed by atoms with Crippen LogP contribution in [0.1, 0.15) is 16.9 Å². The summed E-state index contributed by atoms with van der Waals surface area (Å²) in [5, 5.41) is 3.21. The topological polar surface area (TPSA) is 89.6 Å². The molecule has 0 aliphatic rings. The number of nitrogens with zero attached hydrogens (tertiary/aromatic N) is 4. The number of hydrogen-bond donors (Lipinski definition) is 2. The number of rotatable bonds is 5. The lowest BCUT2D eigenvalue weighted by Gasteiger charge is -2.05. The van der Waals surface area contributed by atoms with Gasteiger partial charge in [0.1, 0.15) is 27.5 Å². The lowest BCUT2D eigenvalue weighted by molar-refractivity contribution is 0.352. The van der Waals surface area contributed by atoms with Gasteiger partial charge in [-0.15, -0.1) is 0 Å². The number of nitrogens with two attached hydrogens (primary N) is 1. The predicted octanol–water partition coefficient (Wildman–Crippen LogP) is 2.20. The second-order valence-electron chi connectivity index (χ2n) is 4.42. The standard InChI is InChI=1S/C13H12F2N6S/c14-7-2-1-3-17-9(7)5-18-11-10-13(20-6-19-11)22-12(21-10)8(15)4-16/h1-3,6,8H,4-5,16H2,(H,18,19,20). The Balaban J connectivity index is 1.87. The van der Waals surface area contributed by atoms with Gasteiger partial charge in [0.2, 0.25) is 0 Å². The van der Waals surface area contributed by atoms with E-state index in [1.165, 1.54) is 24.7 Å². The van der Waals surface area contributed by atoms with Gasteiger partial charge in [-0.3, -0.25) is 4.98 Å². The van der Waals surface area contributed by atoms with Gasteiger partial charge >= 0.3 is 0 Å². The fourth-order valence-electron chi connectivity index (χ4n) is 1.85. The molecule has 0 aliphatic heterocycles. The molecule has 3 heterocycles. The highest BCUT2D eigenvalue weighted by molar-refractivity contribution is 7.18. The van der Waals surface area contributed by atoms with Crippen LogP contribution in [0.5, 0.6) is 0 Å². The highest BCUT2D eigenvalue weighted by atomic mass is 32.1. The molecule has 0 aromatic carbocycles. The Bertz CT molecular complexity index is 793. The van der Waals surface area contributed by atoms with E-state index in [0.29, 0.717) is 16.2 Å². The first-order chi connectivity index (χ1) is 10.7. The number of anilines is 1. The first-order valence-electron chi connectivity index (χ1n) is 6.48. The maximum atomic E-state index is 13.6. The lowest BCUT2D eigenvalue weighted by Crippen LogP contribution is -2.07. The summed E-state index contributed by atoms with van der Waals surface area (Å²) in [6.45, 7) is -0.00323. The number of thiazole rings is 1. The Morgan fingerprint density at radius 2 is 2.18 bits per heavy atom. The van der Waals surface area contributed by atoms with E-state index in [9.17, 15) is 8.78 Å². The minimum atomic E-state index is -1.33. The molecule has 3 aromatic heterocycles. The van der Waals surface area contributed by atoms with E-state index in [4.69, 9.17) is 5.73 Å². The molecule has 0 aliphatic carbocycles. The molecule has 0 fully saturated rings. The van der Waals surface area contributed by atoms with E-state index in [-0.39, 0.29) is 23.8 Å². The molecule has 3 rings (SSSR count). The predicted molar refractivity (Wildman–Crippen MR) is 79.6 cm³/mol. The van der Waals surface area contributed by atoms with Gasteiger partial charge in [-0.2, -0.15) is 0 Å². The lowest BCUT2D eigenvalue weighted by atomic mass is 10.3. The van der Waals surface area contributed by atoms with Crippen LogP contribution < -0.4 is 11.1 Å². The highest BCUT2D eigenvalue weighted by Crippen LogP contribution is 2.29. The highest BCUT2D eigenvalue weighted by Gasteiger charge is 2.17. The molecule has 0 amide bonds. The van der Waals surface area contributed by atoms with Gasteiger partial charge in [-0.1, -0.05) is 11.3 Å². The van der Waals surface area contributed by atoms with Crippen molar-refractivity contribution in [1.82, 2.24) is 19.9 Å². The number of hydrogen-bond acceptors (Lipinski definition) is 7. The molecule has 22 heavy (non-hydrogen) atoms. The molecule has 0 bridgehead atoms. The zero-order valence-electron chi connectivity index (χ0n) is 11.3. The third-order valence-electron chi connectivity index (χ3n) is 2.94. The maximum absolute atomic E-state index is 13.6. The van der Waals surface area contributed by atoms with Crippen molar-refractivity contribution in [2.75, 3.05) is 11.9 Å². The summed E-state index contributed by atoms with van der Waals surface area (Å²) in [6.07, 6.45) is 1.52. The minimum absolute atomic E-state index is 0.140. The molecule has 6 nitrogen and oxygen atoms in total. The number of halogens is 2. The van der Waals surface area contributed by atoms with E-state index in [0.717, 1.165) is 11.3 Å². The molecule has 9 heteroatoms. The van der Waals surface area contributed by atoms with Gasteiger partial charge in [-0.25, -0.2) is 23.7 Å². The van der Waals surface area contributed by atoms with E-state index in [2.05, 4.69) is 25.3 Å². The smallest absolute Gasteiger partial charge is 0.164 e. The molecule has 3 N–H and O–H groups in total. The second kappa shape index (κ2) is 6.24. The van der Waals surface area contributed by atoms with Crippen molar-refractivity contribution >= 4 is 27.5 Å². The van der Waals surface area contributed by atoms with Crippen LogP contribution in [0, 0.1) is 5.82 Å². The van der Waals surface area contributed by atoms with Gasteiger partial charge in [0.15, 0.2) is 12.0 Å². The van der Waals surface area contributed by atoms with Crippen LogP contribution in [-0.2, 0) is 6.54 Å². The summed E-state index contributed by atoms with van der Waals surface area (Å²) in [5.41, 5.74) is 6.00. The van der Waals surface area contributed by atoms with Gasteiger partial charge in [0.05, 0.1) is 12.2 Å². The second-order valence-corrected chi connectivity index (χ2v) is 5.43. The monoisotopic (exact) mass is 322 g/mol. The van der Waals surface area contributed by atoms with Crippen molar-refractivity contribution in [2.24, 2.45) is 5.73 Å². The molecule has 0 radical (unpaired) electrons. The number of aromatic nitrogens is 4. The quantitative estimate of drug-likeness (QED) is 0.748. The summed E-state index contributed by atoms with van der Waals surface area (Å²) < 4.78 is 27.2. The maximum Gasteiger partial charge on any atom is 0.164 e. The summed E-state index contributed by atoms with van der Waals surface area (Å²) in [7, 11) is 0. The normalized spacial score (nSPS) is 12.5. The summed E-state index contributed by atoms with van der Waals surface area (Å²) >= 11 is 1.12. The molecular formula is C13H12F2N6S. The van der Waals surface area contributed by atoms with Crippen molar-refractivity contribution in [3.63, 3.8) is 0 Å². The first-order valence-corrected chi connectivity index (χ1v) is 7.29. The van der Waals surface area contributed by atoms with Crippen molar-refractivity contribution in [3.8, 4) is 0 Å². The molecule has 1 atom stereocenters. The number of pyridine rings is 1. The van der Waals surface area contributed by atoms with Crippen LogP contribution in [0.2, 0.25) is 0 Å². The van der Waals surface area contributed by atoms with Crippen LogP contribution in [0.4, 0.5) is 14.6 Å². The molecule has 3 aromatic rings. The van der Waals surface area contributed by atoms with Crippen molar-refractivity contribution in [1.29, 1.82) is 0 Å². The first kappa shape index (κ1) is 14.7.